The van der Waals surface area contributed by atoms with Crippen LogP contribution in [0, 0.1) is 0 Å². The lowest BCUT2D eigenvalue weighted by Gasteiger charge is -2.24. The Bertz CT molecular complexity index is 514. The fraction of sp³-hybridized carbons (Fsp3) is 0.467. The first-order chi connectivity index (χ1) is 10.2. The molecular formula is C15H20ClN3O2. The molecule has 21 heavy (non-hydrogen) atoms. The molecule has 0 atom stereocenters. The Balaban J connectivity index is 1.98. The number of esters is 1. The van der Waals surface area contributed by atoms with E-state index < -0.39 is 0 Å². The van der Waals surface area contributed by atoms with Gasteiger partial charge in [0.1, 0.15) is 5.82 Å². The van der Waals surface area contributed by atoms with Crippen LogP contribution in [0.5, 0.6) is 0 Å². The Morgan fingerprint density at radius 1 is 1.57 bits per heavy atom. The number of hydrogen-bond acceptors (Lipinski definition) is 5. The molecule has 1 saturated heterocycles. The molecule has 0 saturated carbocycles. The summed E-state index contributed by atoms with van der Waals surface area (Å²) < 4.78 is 4.82. The second-order valence-corrected chi connectivity index (χ2v) is 5.26. The number of halogens is 1. The van der Waals surface area contributed by atoms with Crippen molar-refractivity contribution in [2.75, 3.05) is 25.0 Å². The normalized spacial score (nSPS) is 16.1. The lowest BCUT2D eigenvalue weighted by molar-refractivity contribution is -0.137. The molecule has 0 bridgehead atoms. The Hall–Kier alpha value is -1.59. The highest BCUT2D eigenvalue weighted by Gasteiger charge is 2.14. The van der Waals surface area contributed by atoms with Gasteiger partial charge in [-0.15, -0.1) is 0 Å². The number of nitrogens with zero attached hydrogens (tertiary/aromatic N) is 1. The lowest BCUT2D eigenvalue weighted by Crippen LogP contribution is -2.35. The van der Waals surface area contributed by atoms with Gasteiger partial charge in [-0.1, -0.05) is 11.6 Å². The topological polar surface area (TPSA) is 63.2 Å². The quantitative estimate of drug-likeness (QED) is 0.646. The first kappa shape index (κ1) is 15.8. The third kappa shape index (κ3) is 5.02. The van der Waals surface area contributed by atoms with E-state index in [0.717, 1.165) is 31.5 Å². The highest BCUT2D eigenvalue weighted by Crippen LogP contribution is 2.23. The Kier molecular flexibility index (Phi) is 6.02. The van der Waals surface area contributed by atoms with Crippen LogP contribution >= 0.6 is 11.6 Å². The van der Waals surface area contributed by atoms with Crippen LogP contribution in [-0.4, -0.2) is 36.7 Å². The van der Waals surface area contributed by atoms with Gasteiger partial charge in [0.2, 0.25) is 0 Å². The Labute approximate surface area is 129 Å². The van der Waals surface area contributed by atoms with Crippen molar-refractivity contribution in [1.82, 2.24) is 10.3 Å². The van der Waals surface area contributed by atoms with Crippen LogP contribution in [0.3, 0.4) is 0 Å². The summed E-state index contributed by atoms with van der Waals surface area (Å²) in [5.74, 6) is 0.322. The third-order valence-electron chi connectivity index (χ3n) is 3.24. The van der Waals surface area contributed by atoms with Crippen molar-refractivity contribution < 1.29 is 9.53 Å². The predicted molar refractivity (Wildman–Crippen MR) is 84.4 cm³/mol. The molecule has 0 aliphatic carbocycles. The van der Waals surface area contributed by atoms with Crippen LogP contribution in [0.25, 0.3) is 6.08 Å². The standard InChI is InChI=1S/C15H20ClN3O2/c1-2-21-14(20)4-3-11-9-13(16)15(18-10-11)19-12-5-7-17-8-6-12/h3-4,9-10,12,17H,2,5-8H2,1H3,(H,18,19). The minimum atomic E-state index is -0.370. The minimum Gasteiger partial charge on any atom is -0.463 e. The smallest absolute Gasteiger partial charge is 0.330 e. The SMILES string of the molecule is CCOC(=O)C=Cc1cnc(NC2CCNCC2)c(Cl)c1. The maximum absolute atomic E-state index is 11.3. The summed E-state index contributed by atoms with van der Waals surface area (Å²) in [7, 11) is 0. The monoisotopic (exact) mass is 309 g/mol. The van der Waals surface area contributed by atoms with E-state index in [9.17, 15) is 4.79 Å². The fourth-order valence-corrected chi connectivity index (χ4v) is 2.39. The number of pyridine rings is 1. The molecule has 0 spiro atoms. The average molecular weight is 310 g/mol. The number of anilines is 1. The summed E-state index contributed by atoms with van der Waals surface area (Å²) in [6, 6.07) is 2.19. The van der Waals surface area contributed by atoms with Crippen LogP contribution in [0.2, 0.25) is 5.02 Å². The molecule has 0 amide bonds. The van der Waals surface area contributed by atoms with Crippen molar-refractivity contribution in [2.45, 2.75) is 25.8 Å². The number of carbonyl (C=O) groups is 1. The van der Waals surface area contributed by atoms with Gasteiger partial charge in [0, 0.05) is 18.3 Å². The molecular weight excluding hydrogens is 290 g/mol. The second-order valence-electron chi connectivity index (χ2n) is 4.85. The Morgan fingerprint density at radius 2 is 2.33 bits per heavy atom. The zero-order chi connectivity index (χ0) is 15.1. The molecule has 1 aromatic heterocycles. The number of aromatic nitrogens is 1. The van der Waals surface area contributed by atoms with E-state index in [1.807, 2.05) is 0 Å². The molecule has 0 radical (unpaired) electrons. The highest BCUT2D eigenvalue weighted by molar-refractivity contribution is 6.33. The maximum Gasteiger partial charge on any atom is 0.330 e. The fourth-order valence-electron chi connectivity index (χ4n) is 2.16. The second kappa shape index (κ2) is 8.00. The maximum atomic E-state index is 11.3. The molecule has 114 valence electrons. The van der Waals surface area contributed by atoms with Gasteiger partial charge in [0.05, 0.1) is 11.6 Å². The van der Waals surface area contributed by atoms with Gasteiger partial charge < -0.3 is 15.4 Å². The van der Waals surface area contributed by atoms with Gasteiger partial charge in [-0.05, 0) is 50.6 Å². The summed E-state index contributed by atoms with van der Waals surface area (Å²) in [5.41, 5.74) is 0.768. The van der Waals surface area contributed by atoms with Crippen molar-refractivity contribution in [1.29, 1.82) is 0 Å². The zero-order valence-electron chi connectivity index (χ0n) is 12.1. The minimum absolute atomic E-state index is 0.362. The first-order valence-corrected chi connectivity index (χ1v) is 7.54. The molecule has 6 heteroatoms. The van der Waals surface area contributed by atoms with Gasteiger partial charge in [0.25, 0.3) is 0 Å². The largest absolute Gasteiger partial charge is 0.463 e. The van der Waals surface area contributed by atoms with Crippen molar-refractivity contribution >= 4 is 29.5 Å². The van der Waals surface area contributed by atoms with Crippen molar-refractivity contribution in [3.05, 3.63) is 28.9 Å². The number of nitrogens with one attached hydrogen (secondary N) is 2. The summed E-state index contributed by atoms with van der Waals surface area (Å²) >= 11 is 6.23. The predicted octanol–water partition coefficient (Wildman–Crippen LogP) is 2.48. The molecule has 0 unspecified atom stereocenters. The molecule has 1 aliphatic rings. The number of rotatable bonds is 5. The van der Waals surface area contributed by atoms with Gasteiger partial charge in [0.15, 0.2) is 0 Å². The molecule has 1 aliphatic heterocycles. The summed E-state index contributed by atoms with van der Waals surface area (Å²) in [4.78, 5) is 15.6. The van der Waals surface area contributed by atoms with Gasteiger partial charge >= 0.3 is 5.97 Å². The number of hydrogen-bond donors (Lipinski definition) is 2. The summed E-state index contributed by atoms with van der Waals surface area (Å²) in [6.45, 7) is 4.15. The van der Waals surface area contributed by atoms with Crippen LogP contribution in [0.4, 0.5) is 5.82 Å². The molecule has 2 rings (SSSR count). The zero-order valence-corrected chi connectivity index (χ0v) is 12.8. The summed E-state index contributed by atoms with van der Waals surface area (Å²) in [5, 5.41) is 7.23. The molecule has 1 fully saturated rings. The van der Waals surface area contributed by atoms with E-state index in [2.05, 4.69) is 15.6 Å². The lowest BCUT2D eigenvalue weighted by atomic mass is 10.1. The Morgan fingerprint density at radius 3 is 3.00 bits per heavy atom. The van der Waals surface area contributed by atoms with Gasteiger partial charge in [-0.25, -0.2) is 9.78 Å². The number of piperidine rings is 1. The van der Waals surface area contributed by atoms with Gasteiger partial charge in [-0.3, -0.25) is 0 Å². The first-order valence-electron chi connectivity index (χ1n) is 7.16. The molecule has 0 aromatic carbocycles. The number of ether oxygens (including phenoxy) is 1. The van der Waals surface area contributed by atoms with E-state index in [-0.39, 0.29) is 5.97 Å². The van der Waals surface area contributed by atoms with Crippen molar-refractivity contribution in [3.63, 3.8) is 0 Å². The van der Waals surface area contributed by atoms with Crippen LogP contribution < -0.4 is 10.6 Å². The highest BCUT2D eigenvalue weighted by atomic mass is 35.5. The molecule has 2 N–H and O–H groups in total. The van der Waals surface area contributed by atoms with Crippen LogP contribution in [0.15, 0.2) is 18.3 Å². The van der Waals surface area contributed by atoms with E-state index in [0.29, 0.717) is 23.5 Å². The summed E-state index contributed by atoms with van der Waals surface area (Å²) in [6.07, 6.45) is 6.82. The average Bonchev–Trinajstić information content (AvgIpc) is 2.49. The van der Waals surface area contributed by atoms with E-state index in [1.165, 1.54) is 6.08 Å². The van der Waals surface area contributed by atoms with E-state index >= 15 is 0 Å². The van der Waals surface area contributed by atoms with Gasteiger partial charge in [-0.2, -0.15) is 0 Å². The molecule has 1 aromatic rings. The number of carbonyl (C=O) groups excluding carboxylic acids is 1. The van der Waals surface area contributed by atoms with Crippen molar-refractivity contribution in [2.24, 2.45) is 0 Å². The van der Waals surface area contributed by atoms with Crippen LogP contribution in [0.1, 0.15) is 25.3 Å². The van der Waals surface area contributed by atoms with E-state index in [1.54, 1.807) is 25.3 Å². The molecule has 2 heterocycles. The van der Waals surface area contributed by atoms with E-state index in [4.69, 9.17) is 16.3 Å². The molecule has 5 nitrogen and oxygen atoms in total. The third-order valence-corrected chi connectivity index (χ3v) is 3.53. The van der Waals surface area contributed by atoms with Crippen LogP contribution in [-0.2, 0) is 9.53 Å². The van der Waals surface area contributed by atoms with Crippen molar-refractivity contribution in [3.8, 4) is 0 Å².